The third kappa shape index (κ3) is 3.66. The first-order chi connectivity index (χ1) is 15.1. The van der Waals surface area contributed by atoms with E-state index in [9.17, 15) is 22.8 Å². The van der Waals surface area contributed by atoms with Crippen LogP contribution in [0.4, 0.5) is 18.9 Å². The molecule has 0 saturated heterocycles. The number of anilines is 1. The highest BCUT2D eigenvalue weighted by Gasteiger charge is 2.38. The molecule has 2 heterocycles. The lowest BCUT2D eigenvalue weighted by atomic mass is 10.1. The minimum atomic E-state index is -4.72. The van der Waals surface area contributed by atoms with Gasteiger partial charge >= 0.3 is 6.18 Å². The number of carbonyl (C=O) groups is 2. The van der Waals surface area contributed by atoms with E-state index in [4.69, 9.17) is 21.1 Å². The van der Waals surface area contributed by atoms with Crippen molar-refractivity contribution in [1.29, 1.82) is 0 Å². The molecule has 0 atom stereocenters. The second kappa shape index (κ2) is 7.86. The quantitative estimate of drug-likeness (QED) is 0.523. The number of alkyl halides is 3. The SMILES string of the molecule is Cc1c(Cl)c(C(F)(F)F)nn1-c1cccc(C(=O)N(C)c2cc3c(cc2C=O)OCO3)c1. The Morgan fingerprint density at radius 3 is 2.53 bits per heavy atom. The molecule has 0 saturated carbocycles. The predicted molar refractivity (Wildman–Crippen MR) is 109 cm³/mol. The Morgan fingerprint density at radius 1 is 1.22 bits per heavy atom. The van der Waals surface area contributed by atoms with Gasteiger partial charge < -0.3 is 14.4 Å². The van der Waals surface area contributed by atoms with Gasteiger partial charge in [-0.05, 0) is 31.2 Å². The standard InChI is InChI=1S/C21H15ClF3N3O4/c1-11-18(22)19(21(23,24)25)26-28(11)14-5-3-4-12(6-14)20(30)27(2)15-8-17-16(31-10-32-17)7-13(15)9-29/h3-9H,10H2,1-2H3. The lowest BCUT2D eigenvalue weighted by Gasteiger charge is -2.20. The molecule has 0 spiro atoms. The van der Waals surface area contributed by atoms with E-state index in [1.165, 1.54) is 55.3 Å². The molecule has 166 valence electrons. The highest BCUT2D eigenvalue weighted by Crippen LogP contribution is 2.38. The number of aldehydes is 1. The van der Waals surface area contributed by atoms with Gasteiger partial charge in [0, 0.05) is 24.2 Å². The van der Waals surface area contributed by atoms with Gasteiger partial charge in [0.15, 0.2) is 23.5 Å². The number of hydrogen-bond acceptors (Lipinski definition) is 5. The van der Waals surface area contributed by atoms with Crippen LogP contribution < -0.4 is 14.4 Å². The molecule has 0 N–H and O–H groups in total. The third-order valence-corrected chi connectivity index (χ3v) is 5.42. The maximum Gasteiger partial charge on any atom is 0.436 e. The van der Waals surface area contributed by atoms with E-state index in [1.54, 1.807) is 0 Å². The molecular weight excluding hydrogens is 451 g/mol. The summed E-state index contributed by atoms with van der Waals surface area (Å²) < 4.78 is 51.1. The van der Waals surface area contributed by atoms with E-state index in [0.29, 0.717) is 17.8 Å². The van der Waals surface area contributed by atoms with Crippen molar-refractivity contribution < 1.29 is 32.2 Å². The molecule has 0 bridgehead atoms. The number of rotatable bonds is 4. The van der Waals surface area contributed by atoms with Crippen LogP contribution in [-0.4, -0.2) is 35.8 Å². The molecule has 3 aromatic rings. The summed E-state index contributed by atoms with van der Waals surface area (Å²) in [5, 5.41) is 3.07. The fraction of sp³-hybridized carbons (Fsp3) is 0.190. The van der Waals surface area contributed by atoms with E-state index < -0.39 is 22.8 Å². The number of amides is 1. The van der Waals surface area contributed by atoms with Crippen LogP contribution in [0.25, 0.3) is 5.69 Å². The van der Waals surface area contributed by atoms with Gasteiger partial charge in [-0.15, -0.1) is 0 Å². The molecule has 7 nitrogen and oxygen atoms in total. The van der Waals surface area contributed by atoms with Crippen molar-refractivity contribution in [3.8, 4) is 17.2 Å². The second-order valence-electron chi connectivity index (χ2n) is 6.95. The first-order valence-electron chi connectivity index (χ1n) is 9.21. The minimum absolute atomic E-state index is 0.00246. The van der Waals surface area contributed by atoms with E-state index in [0.717, 1.165) is 4.68 Å². The van der Waals surface area contributed by atoms with Crippen molar-refractivity contribution in [3.05, 3.63) is 63.9 Å². The lowest BCUT2D eigenvalue weighted by Crippen LogP contribution is -2.27. The second-order valence-corrected chi connectivity index (χ2v) is 7.33. The van der Waals surface area contributed by atoms with E-state index >= 15 is 0 Å². The van der Waals surface area contributed by atoms with Crippen LogP contribution in [0.2, 0.25) is 5.02 Å². The average Bonchev–Trinajstić information content (AvgIpc) is 3.35. The average molecular weight is 466 g/mol. The van der Waals surface area contributed by atoms with Crippen LogP contribution in [0, 0.1) is 6.92 Å². The molecule has 4 rings (SSSR count). The summed E-state index contributed by atoms with van der Waals surface area (Å²) in [6, 6.07) is 8.90. The minimum Gasteiger partial charge on any atom is -0.454 e. The number of halogens is 4. The van der Waals surface area contributed by atoms with Crippen LogP contribution in [0.15, 0.2) is 36.4 Å². The summed E-state index contributed by atoms with van der Waals surface area (Å²) >= 11 is 5.83. The van der Waals surface area contributed by atoms with Gasteiger partial charge in [-0.2, -0.15) is 18.3 Å². The fourth-order valence-electron chi connectivity index (χ4n) is 3.32. The van der Waals surface area contributed by atoms with Gasteiger partial charge in [-0.1, -0.05) is 17.7 Å². The molecule has 1 aliphatic heterocycles. The van der Waals surface area contributed by atoms with Gasteiger partial charge in [0.25, 0.3) is 5.91 Å². The largest absolute Gasteiger partial charge is 0.454 e. The van der Waals surface area contributed by atoms with Crippen molar-refractivity contribution in [1.82, 2.24) is 9.78 Å². The monoisotopic (exact) mass is 465 g/mol. The zero-order chi connectivity index (χ0) is 23.2. The molecule has 0 aliphatic carbocycles. The van der Waals surface area contributed by atoms with Crippen LogP contribution in [0.1, 0.15) is 32.1 Å². The Kier molecular flexibility index (Phi) is 5.33. The number of fused-ring (bicyclic) bond motifs is 1. The summed E-state index contributed by atoms with van der Waals surface area (Å²) in [5.74, 6) is 0.284. The van der Waals surface area contributed by atoms with Crippen molar-refractivity contribution in [2.24, 2.45) is 0 Å². The molecule has 0 radical (unpaired) electrons. The topological polar surface area (TPSA) is 73.7 Å². The molecule has 32 heavy (non-hydrogen) atoms. The number of ether oxygens (including phenoxy) is 2. The molecule has 1 amide bonds. The fourth-order valence-corrected chi connectivity index (χ4v) is 3.55. The number of benzene rings is 2. The summed E-state index contributed by atoms with van der Waals surface area (Å²) in [4.78, 5) is 25.9. The number of carbonyl (C=O) groups excluding carboxylic acids is 2. The maximum absolute atomic E-state index is 13.2. The van der Waals surface area contributed by atoms with Crippen molar-refractivity contribution in [2.45, 2.75) is 13.1 Å². The van der Waals surface area contributed by atoms with E-state index in [2.05, 4.69) is 5.10 Å². The van der Waals surface area contributed by atoms with Gasteiger partial charge in [0.1, 0.15) is 0 Å². The van der Waals surface area contributed by atoms with Crippen molar-refractivity contribution in [2.75, 3.05) is 18.7 Å². The van der Waals surface area contributed by atoms with Crippen LogP contribution in [0.5, 0.6) is 11.5 Å². The first-order valence-corrected chi connectivity index (χ1v) is 9.59. The number of aromatic nitrogens is 2. The Bertz CT molecular complexity index is 1240. The van der Waals surface area contributed by atoms with Crippen molar-refractivity contribution in [3.63, 3.8) is 0 Å². The molecule has 11 heteroatoms. The van der Waals surface area contributed by atoms with Gasteiger partial charge in [0.05, 0.1) is 22.1 Å². The zero-order valence-electron chi connectivity index (χ0n) is 16.7. The highest BCUT2D eigenvalue weighted by molar-refractivity contribution is 6.32. The first kappa shape index (κ1) is 21.7. The third-order valence-electron chi connectivity index (χ3n) is 4.96. The Labute approximate surface area is 184 Å². The summed E-state index contributed by atoms with van der Waals surface area (Å²) in [6.45, 7) is 1.40. The van der Waals surface area contributed by atoms with Gasteiger partial charge in [0.2, 0.25) is 6.79 Å². The zero-order valence-corrected chi connectivity index (χ0v) is 17.5. The number of nitrogens with zero attached hydrogens (tertiary/aromatic N) is 3. The Morgan fingerprint density at radius 2 is 1.91 bits per heavy atom. The maximum atomic E-state index is 13.2. The van der Waals surface area contributed by atoms with Crippen molar-refractivity contribution >= 4 is 29.5 Å². The molecule has 2 aromatic carbocycles. The number of hydrogen-bond donors (Lipinski definition) is 0. The summed E-state index contributed by atoms with van der Waals surface area (Å²) in [6.07, 6.45) is -4.13. The molecule has 1 aromatic heterocycles. The van der Waals surface area contributed by atoms with E-state index in [1.807, 2.05) is 0 Å². The van der Waals surface area contributed by atoms with Crippen LogP contribution in [-0.2, 0) is 6.18 Å². The van der Waals surface area contributed by atoms with Gasteiger partial charge in [-0.25, -0.2) is 4.68 Å². The summed E-state index contributed by atoms with van der Waals surface area (Å²) in [7, 11) is 1.47. The molecular formula is C21H15ClF3N3O4. The van der Waals surface area contributed by atoms with Crippen LogP contribution in [0.3, 0.4) is 0 Å². The highest BCUT2D eigenvalue weighted by atomic mass is 35.5. The van der Waals surface area contributed by atoms with E-state index in [-0.39, 0.29) is 35.0 Å². The molecule has 1 aliphatic rings. The Balaban J connectivity index is 1.71. The molecule has 0 unspecified atom stereocenters. The normalized spacial score (nSPS) is 12.7. The van der Waals surface area contributed by atoms with Gasteiger partial charge in [-0.3, -0.25) is 9.59 Å². The smallest absolute Gasteiger partial charge is 0.436 e. The molecule has 0 fully saturated rings. The lowest BCUT2D eigenvalue weighted by molar-refractivity contribution is -0.141. The van der Waals surface area contributed by atoms with Crippen LogP contribution >= 0.6 is 11.6 Å². The summed E-state index contributed by atoms with van der Waals surface area (Å²) in [5.41, 5.74) is -0.236. The predicted octanol–water partition coefficient (Wildman–Crippen LogP) is 4.67. The Hall–Kier alpha value is -3.53.